The van der Waals surface area contributed by atoms with Gasteiger partial charge in [0.1, 0.15) is 0 Å². The molecule has 5 nitrogen and oxygen atoms in total. The van der Waals surface area contributed by atoms with Crippen LogP contribution in [0.25, 0.3) is 0 Å². The van der Waals surface area contributed by atoms with Crippen LogP contribution in [0, 0.1) is 5.92 Å². The number of nitrogens with zero attached hydrogens (tertiary/aromatic N) is 1. The fraction of sp³-hybridized carbons (Fsp3) is 0.562. The van der Waals surface area contributed by atoms with E-state index in [0.29, 0.717) is 19.6 Å². The standard InChI is InChI=1S/C16H22N2O3S/c19-16(17-10-4-7-13-5-2-1-3-6-13)14-11-18(12-14)22(20,21)15-8-9-15/h1-3,5-6,14-15H,4,7-12H2,(H,17,19). The molecule has 1 amide bonds. The zero-order chi connectivity index (χ0) is 15.6. The number of nitrogens with one attached hydrogen (secondary N) is 1. The van der Waals surface area contributed by atoms with E-state index in [0.717, 1.165) is 25.7 Å². The summed E-state index contributed by atoms with van der Waals surface area (Å²) >= 11 is 0. The maximum atomic E-state index is 12.0. The molecule has 1 aromatic carbocycles. The highest BCUT2D eigenvalue weighted by molar-refractivity contribution is 7.90. The molecule has 2 aliphatic rings. The third kappa shape index (κ3) is 3.50. The van der Waals surface area contributed by atoms with Crippen LogP contribution in [0.4, 0.5) is 0 Å². The van der Waals surface area contributed by atoms with Gasteiger partial charge in [0, 0.05) is 19.6 Å². The van der Waals surface area contributed by atoms with Crippen molar-refractivity contribution in [2.45, 2.75) is 30.9 Å². The molecule has 0 atom stereocenters. The lowest BCUT2D eigenvalue weighted by Crippen LogP contribution is -2.56. The Balaban J connectivity index is 1.34. The van der Waals surface area contributed by atoms with Gasteiger partial charge in [-0.3, -0.25) is 4.79 Å². The highest BCUT2D eigenvalue weighted by Gasteiger charge is 2.46. The van der Waals surface area contributed by atoms with E-state index in [1.165, 1.54) is 9.87 Å². The summed E-state index contributed by atoms with van der Waals surface area (Å²) in [5, 5.41) is 2.73. The molecule has 1 aliphatic carbocycles. The number of benzene rings is 1. The van der Waals surface area contributed by atoms with Gasteiger partial charge in [0.05, 0.1) is 11.2 Å². The van der Waals surface area contributed by atoms with E-state index >= 15 is 0 Å². The lowest BCUT2D eigenvalue weighted by molar-refractivity contribution is -0.128. The van der Waals surface area contributed by atoms with Crippen LogP contribution >= 0.6 is 0 Å². The van der Waals surface area contributed by atoms with Crippen LogP contribution < -0.4 is 5.32 Å². The van der Waals surface area contributed by atoms with Gasteiger partial charge in [0.2, 0.25) is 15.9 Å². The highest BCUT2D eigenvalue weighted by Crippen LogP contribution is 2.34. The van der Waals surface area contributed by atoms with Crippen molar-refractivity contribution in [2.75, 3.05) is 19.6 Å². The number of amides is 1. The minimum absolute atomic E-state index is 0.0182. The molecule has 6 heteroatoms. The van der Waals surface area contributed by atoms with Gasteiger partial charge in [-0.2, -0.15) is 4.31 Å². The summed E-state index contributed by atoms with van der Waals surface area (Å²) in [6.45, 7) is 1.34. The zero-order valence-corrected chi connectivity index (χ0v) is 13.4. The number of carbonyl (C=O) groups excluding carboxylic acids is 1. The zero-order valence-electron chi connectivity index (χ0n) is 12.6. The summed E-state index contributed by atoms with van der Waals surface area (Å²) < 4.78 is 25.4. The molecule has 2 fully saturated rings. The number of rotatable bonds is 7. The lowest BCUT2D eigenvalue weighted by Gasteiger charge is -2.37. The lowest BCUT2D eigenvalue weighted by atomic mass is 10.0. The van der Waals surface area contributed by atoms with Gasteiger partial charge in [0.15, 0.2) is 0 Å². The van der Waals surface area contributed by atoms with Crippen molar-refractivity contribution < 1.29 is 13.2 Å². The highest BCUT2D eigenvalue weighted by atomic mass is 32.2. The first kappa shape index (κ1) is 15.5. The van der Waals surface area contributed by atoms with Crippen molar-refractivity contribution in [1.82, 2.24) is 9.62 Å². The van der Waals surface area contributed by atoms with E-state index in [9.17, 15) is 13.2 Å². The summed E-state index contributed by atoms with van der Waals surface area (Å²) in [7, 11) is -3.10. The summed E-state index contributed by atoms with van der Waals surface area (Å²) in [4.78, 5) is 12.0. The molecule has 0 spiro atoms. The molecule has 0 radical (unpaired) electrons. The molecule has 1 aliphatic heterocycles. The first-order valence-electron chi connectivity index (χ1n) is 7.88. The summed E-state index contributed by atoms with van der Waals surface area (Å²) in [6.07, 6.45) is 3.38. The van der Waals surface area contributed by atoms with E-state index in [2.05, 4.69) is 17.4 Å². The second-order valence-electron chi connectivity index (χ2n) is 6.14. The predicted octanol–water partition coefficient (Wildman–Crippen LogP) is 1.16. The molecule has 0 unspecified atom stereocenters. The number of sulfonamides is 1. The van der Waals surface area contributed by atoms with Crippen LogP contribution in [-0.4, -0.2) is 43.5 Å². The Morgan fingerprint density at radius 1 is 1.18 bits per heavy atom. The van der Waals surface area contributed by atoms with Gasteiger partial charge < -0.3 is 5.32 Å². The van der Waals surface area contributed by atoms with Crippen molar-refractivity contribution >= 4 is 15.9 Å². The van der Waals surface area contributed by atoms with Crippen LogP contribution in [0.15, 0.2) is 30.3 Å². The average Bonchev–Trinajstić information content (AvgIpc) is 3.28. The Bertz CT molecular complexity index is 620. The summed E-state index contributed by atoms with van der Waals surface area (Å²) in [6, 6.07) is 10.2. The molecule has 1 saturated carbocycles. The third-order valence-corrected chi connectivity index (χ3v) is 6.64. The van der Waals surface area contributed by atoms with Crippen molar-refractivity contribution in [3.63, 3.8) is 0 Å². The smallest absolute Gasteiger partial charge is 0.225 e. The van der Waals surface area contributed by atoms with Crippen LogP contribution in [0.3, 0.4) is 0 Å². The fourth-order valence-electron chi connectivity index (χ4n) is 2.68. The topological polar surface area (TPSA) is 66.5 Å². The maximum Gasteiger partial charge on any atom is 0.225 e. The molecular formula is C16H22N2O3S. The predicted molar refractivity (Wildman–Crippen MR) is 84.8 cm³/mol. The molecule has 120 valence electrons. The maximum absolute atomic E-state index is 12.0. The number of hydrogen-bond acceptors (Lipinski definition) is 3. The second-order valence-corrected chi connectivity index (χ2v) is 8.35. The van der Waals surface area contributed by atoms with Gasteiger partial charge in [-0.15, -0.1) is 0 Å². The molecule has 1 heterocycles. The summed E-state index contributed by atoms with van der Waals surface area (Å²) in [5.41, 5.74) is 1.27. The first-order chi connectivity index (χ1) is 10.6. The van der Waals surface area contributed by atoms with Crippen molar-refractivity contribution in [3.05, 3.63) is 35.9 Å². The third-order valence-electron chi connectivity index (χ3n) is 4.31. The molecule has 1 N–H and O–H groups in total. The van der Waals surface area contributed by atoms with E-state index < -0.39 is 10.0 Å². The molecule has 1 saturated heterocycles. The number of aryl methyl sites for hydroxylation is 1. The van der Waals surface area contributed by atoms with Crippen LogP contribution in [0.1, 0.15) is 24.8 Å². The summed E-state index contributed by atoms with van der Waals surface area (Å²) in [5.74, 6) is -0.194. The van der Waals surface area contributed by atoms with Gasteiger partial charge in [-0.25, -0.2) is 8.42 Å². The molecule has 3 rings (SSSR count). The quantitative estimate of drug-likeness (QED) is 0.766. The normalized spacial score (nSPS) is 19.6. The fourth-order valence-corrected chi connectivity index (χ4v) is 4.61. The molecule has 22 heavy (non-hydrogen) atoms. The van der Waals surface area contributed by atoms with Crippen LogP contribution in [-0.2, 0) is 21.2 Å². The van der Waals surface area contributed by atoms with Gasteiger partial charge in [-0.05, 0) is 31.2 Å². The molecular weight excluding hydrogens is 300 g/mol. The Hall–Kier alpha value is -1.40. The van der Waals surface area contributed by atoms with Gasteiger partial charge >= 0.3 is 0 Å². The van der Waals surface area contributed by atoms with E-state index in [1.807, 2.05) is 18.2 Å². The SMILES string of the molecule is O=C(NCCCc1ccccc1)C1CN(S(=O)(=O)C2CC2)C1. The Morgan fingerprint density at radius 3 is 2.50 bits per heavy atom. The Morgan fingerprint density at radius 2 is 1.86 bits per heavy atom. The second kappa shape index (κ2) is 6.38. The van der Waals surface area contributed by atoms with Crippen molar-refractivity contribution in [2.24, 2.45) is 5.92 Å². The van der Waals surface area contributed by atoms with Crippen molar-refractivity contribution in [1.29, 1.82) is 0 Å². The first-order valence-corrected chi connectivity index (χ1v) is 9.38. The minimum atomic E-state index is -3.10. The number of hydrogen-bond donors (Lipinski definition) is 1. The van der Waals surface area contributed by atoms with Crippen molar-refractivity contribution in [3.8, 4) is 0 Å². The Labute approximate surface area is 131 Å². The monoisotopic (exact) mass is 322 g/mol. The van der Waals surface area contributed by atoms with E-state index in [4.69, 9.17) is 0 Å². The van der Waals surface area contributed by atoms with Gasteiger partial charge in [-0.1, -0.05) is 30.3 Å². The van der Waals surface area contributed by atoms with Crippen LogP contribution in [0.2, 0.25) is 0 Å². The minimum Gasteiger partial charge on any atom is -0.356 e. The molecule has 0 aromatic heterocycles. The molecule has 1 aromatic rings. The number of carbonyl (C=O) groups is 1. The average molecular weight is 322 g/mol. The van der Waals surface area contributed by atoms with Gasteiger partial charge in [0.25, 0.3) is 0 Å². The Kier molecular flexibility index (Phi) is 4.49. The van der Waals surface area contributed by atoms with E-state index in [-0.39, 0.29) is 17.1 Å². The van der Waals surface area contributed by atoms with Crippen LogP contribution in [0.5, 0.6) is 0 Å². The molecule has 0 bridgehead atoms. The van der Waals surface area contributed by atoms with E-state index in [1.54, 1.807) is 0 Å². The largest absolute Gasteiger partial charge is 0.356 e.